The predicted molar refractivity (Wildman–Crippen MR) is 53.1 cm³/mol. The first kappa shape index (κ1) is 10.8. The zero-order chi connectivity index (χ0) is 9.68. The van der Waals surface area contributed by atoms with Crippen LogP contribution in [0.15, 0.2) is 23.2 Å². The molecule has 3 nitrogen and oxygen atoms in total. The first-order valence-corrected chi connectivity index (χ1v) is 5.13. The molecule has 0 saturated carbocycles. The number of aliphatic hydroxyl groups is 2. The Labute approximate surface area is 85.8 Å². The van der Waals surface area contributed by atoms with Crippen molar-refractivity contribution in [3.63, 3.8) is 0 Å². The Morgan fingerprint density at radius 1 is 1.54 bits per heavy atom. The van der Waals surface area contributed by atoms with Crippen LogP contribution in [0.1, 0.15) is 0 Å². The third-order valence-electron chi connectivity index (χ3n) is 1.32. The van der Waals surface area contributed by atoms with Crippen molar-refractivity contribution >= 4 is 23.4 Å². The van der Waals surface area contributed by atoms with Crippen molar-refractivity contribution < 1.29 is 10.2 Å². The second kappa shape index (κ2) is 5.44. The highest BCUT2D eigenvalue weighted by Crippen LogP contribution is 2.17. The molecular weight excluding hydrogens is 210 g/mol. The van der Waals surface area contributed by atoms with Crippen LogP contribution in [-0.2, 0) is 0 Å². The Bertz CT molecular complexity index is 272. The Hall–Kier alpha value is -0.290. The van der Waals surface area contributed by atoms with Crippen LogP contribution in [-0.4, -0.2) is 33.7 Å². The summed E-state index contributed by atoms with van der Waals surface area (Å²) in [6.07, 6.45) is -0.703. The summed E-state index contributed by atoms with van der Waals surface area (Å²) in [6.45, 7) is -0.229. The van der Waals surface area contributed by atoms with E-state index < -0.39 is 6.10 Å². The molecule has 2 N–H and O–H groups in total. The molecule has 0 saturated heterocycles. The zero-order valence-corrected chi connectivity index (χ0v) is 8.42. The van der Waals surface area contributed by atoms with Crippen LogP contribution in [0.25, 0.3) is 0 Å². The second-order valence-electron chi connectivity index (χ2n) is 2.45. The van der Waals surface area contributed by atoms with Gasteiger partial charge in [-0.1, -0.05) is 17.7 Å². The van der Waals surface area contributed by atoms with E-state index in [1.54, 1.807) is 18.2 Å². The van der Waals surface area contributed by atoms with Crippen LogP contribution in [0.3, 0.4) is 0 Å². The average molecular weight is 220 g/mol. The SMILES string of the molecule is OCC(O)CSc1cccc(Cl)n1. The van der Waals surface area contributed by atoms with E-state index in [0.29, 0.717) is 10.9 Å². The molecule has 0 spiro atoms. The lowest BCUT2D eigenvalue weighted by atomic mass is 10.4. The van der Waals surface area contributed by atoms with Gasteiger partial charge in [-0.3, -0.25) is 0 Å². The summed E-state index contributed by atoms with van der Waals surface area (Å²) in [7, 11) is 0. The van der Waals surface area contributed by atoms with Crippen molar-refractivity contribution in [2.24, 2.45) is 0 Å². The molecule has 0 aliphatic rings. The third kappa shape index (κ3) is 3.95. The predicted octanol–water partition coefficient (Wildman–Crippen LogP) is 1.18. The van der Waals surface area contributed by atoms with E-state index >= 15 is 0 Å². The van der Waals surface area contributed by atoms with Gasteiger partial charge < -0.3 is 10.2 Å². The molecule has 1 rings (SSSR count). The van der Waals surface area contributed by atoms with Gasteiger partial charge in [-0.2, -0.15) is 0 Å². The summed E-state index contributed by atoms with van der Waals surface area (Å²) < 4.78 is 0. The lowest BCUT2D eigenvalue weighted by molar-refractivity contribution is 0.113. The third-order valence-corrected chi connectivity index (χ3v) is 2.61. The van der Waals surface area contributed by atoms with Gasteiger partial charge in [-0.25, -0.2) is 4.98 Å². The topological polar surface area (TPSA) is 53.4 Å². The van der Waals surface area contributed by atoms with Crippen molar-refractivity contribution in [2.45, 2.75) is 11.1 Å². The molecule has 1 aromatic heterocycles. The summed E-state index contributed by atoms with van der Waals surface area (Å²) >= 11 is 7.02. The van der Waals surface area contributed by atoms with E-state index in [1.165, 1.54) is 11.8 Å². The second-order valence-corrected chi connectivity index (χ2v) is 3.87. The molecule has 1 heterocycles. The molecule has 0 aliphatic carbocycles. The maximum atomic E-state index is 9.06. The maximum Gasteiger partial charge on any atom is 0.130 e. The number of hydrogen-bond acceptors (Lipinski definition) is 4. The molecule has 72 valence electrons. The number of rotatable bonds is 4. The van der Waals surface area contributed by atoms with E-state index in [4.69, 9.17) is 21.8 Å². The van der Waals surface area contributed by atoms with Gasteiger partial charge in [0.05, 0.1) is 17.7 Å². The minimum absolute atomic E-state index is 0.229. The van der Waals surface area contributed by atoms with Crippen molar-refractivity contribution in [1.29, 1.82) is 0 Å². The first-order valence-electron chi connectivity index (χ1n) is 3.76. The zero-order valence-electron chi connectivity index (χ0n) is 6.85. The number of nitrogens with zero attached hydrogens (tertiary/aromatic N) is 1. The molecule has 1 aromatic rings. The van der Waals surface area contributed by atoms with E-state index in [2.05, 4.69) is 4.98 Å². The lowest BCUT2D eigenvalue weighted by Gasteiger charge is -2.05. The van der Waals surface area contributed by atoms with Gasteiger partial charge in [0, 0.05) is 5.75 Å². The van der Waals surface area contributed by atoms with E-state index in [0.717, 1.165) is 5.03 Å². The maximum absolute atomic E-state index is 9.06. The summed E-state index contributed by atoms with van der Waals surface area (Å²) in [5.74, 6) is 0.420. The fourth-order valence-electron chi connectivity index (χ4n) is 0.704. The smallest absolute Gasteiger partial charge is 0.130 e. The van der Waals surface area contributed by atoms with Gasteiger partial charge >= 0.3 is 0 Å². The van der Waals surface area contributed by atoms with Gasteiger partial charge in [0.1, 0.15) is 5.15 Å². The number of aliphatic hydroxyl groups excluding tert-OH is 2. The molecule has 0 bridgehead atoms. The van der Waals surface area contributed by atoms with Gasteiger partial charge in [0.15, 0.2) is 0 Å². The summed E-state index contributed by atoms with van der Waals surface area (Å²) in [5.41, 5.74) is 0. The standard InChI is InChI=1S/C8H10ClNO2S/c9-7-2-1-3-8(10-7)13-5-6(12)4-11/h1-3,6,11-12H,4-5H2. The lowest BCUT2D eigenvalue weighted by Crippen LogP contribution is -2.14. The van der Waals surface area contributed by atoms with Gasteiger partial charge in [0.25, 0.3) is 0 Å². The van der Waals surface area contributed by atoms with Crippen LogP contribution in [0.2, 0.25) is 5.15 Å². The van der Waals surface area contributed by atoms with Gasteiger partial charge in [0.2, 0.25) is 0 Å². The number of thioether (sulfide) groups is 1. The van der Waals surface area contributed by atoms with Crippen LogP contribution >= 0.6 is 23.4 Å². The number of hydrogen-bond donors (Lipinski definition) is 2. The molecule has 0 fully saturated rings. The fraction of sp³-hybridized carbons (Fsp3) is 0.375. The van der Waals surface area contributed by atoms with Crippen LogP contribution < -0.4 is 0 Å². The Morgan fingerprint density at radius 2 is 2.31 bits per heavy atom. The Balaban J connectivity index is 2.45. The molecule has 13 heavy (non-hydrogen) atoms. The highest BCUT2D eigenvalue weighted by Gasteiger charge is 2.03. The van der Waals surface area contributed by atoms with Gasteiger partial charge in [-0.05, 0) is 12.1 Å². The van der Waals surface area contributed by atoms with E-state index in [1.807, 2.05) is 0 Å². The monoisotopic (exact) mass is 219 g/mol. The summed E-state index contributed by atoms with van der Waals surface area (Å²) in [5, 5.41) is 18.8. The molecule has 1 unspecified atom stereocenters. The fourth-order valence-corrected chi connectivity index (χ4v) is 1.72. The number of halogens is 1. The molecule has 1 atom stereocenters. The minimum Gasteiger partial charge on any atom is -0.394 e. The van der Waals surface area contributed by atoms with Crippen molar-refractivity contribution in [3.05, 3.63) is 23.4 Å². The van der Waals surface area contributed by atoms with Crippen molar-refractivity contribution in [1.82, 2.24) is 4.98 Å². The van der Waals surface area contributed by atoms with Crippen LogP contribution in [0, 0.1) is 0 Å². The first-order chi connectivity index (χ1) is 6.22. The largest absolute Gasteiger partial charge is 0.394 e. The van der Waals surface area contributed by atoms with Crippen molar-refractivity contribution in [3.8, 4) is 0 Å². The van der Waals surface area contributed by atoms with Crippen molar-refractivity contribution in [2.75, 3.05) is 12.4 Å². The highest BCUT2D eigenvalue weighted by atomic mass is 35.5. The minimum atomic E-state index is -0.703. The summed E-state index contributed by atoms with van der Waals surface area (Å²) in [6, 6.07) is 5.29. The number of aromatic nitrogens is 1. The van der Waals surface area contributed by atoms with Crippen LogP contribution in [0.5, 0.6) is 0 Å². The normalized spacial score (nSPS) is 12.8. The Morgan fingerprint density at radius 3 is 2.92 bits per heavy atom. The summed E-state index contributed by atoms with van der Waals surface area (Å²) in [4.78, 5) is 4.02. The molecule has 0 aromatic carbocycles. The molecule has 0 radical (unpaired) electrons. The van der Waals surface area contributed by atoms with E-state index in [9.17, 15) is 0 Å². The quantitative estimate of drug-likeness (QED) is 0.590. The molecule has 5 heteroatoms. The highest BCUT2D eigenvalue weighted by molar-refractivity contribution is 7.99. The molecule has 0 amide bonds. The van der Waals surface area contributed by atoms with Gasteiger partial charge in [-0.15, -0.1) is 11.8 Å². The molecule has 0 aliphatic heterocycles. The van der Waals surface area contributed by atoms with Crippen LogP contribution in [0.4, 0.5) is 0 Å². The van der Waals surface area contributed by atoms with E-state index in [-0.39, 0.29) is 6.61 Å². The molecular formula is C8H10ClNO2S. The average Bonchev–Trinajstić information content (AvgIpc) is 2.14. The number of pyridine rings is 1. The Kier molecular flexibility index (Phi) is 4.52.